The second-order valence-electron chi connectivity index (χ2n) is 8.02. The van der Waals surface area contributed by atoms with E-state index in [9.17, 15) is 15.0 Å². The molecule has 5 nitrogen and oxygen atoms in total. The van der Waals surface area contributed by atoms with Crippen LogP contribution < -0.4 is 17.0 Å². The Morgan fingerprint density at radius 1 is 1.23 bits per heavy atom. The fourth-order valence-corrected chi connectivity index (χ4v) is 4.90. The van der Waals surface area contributed by atoms with Gasteiger partial charge in [0.25, 0.3) is 0 Å². The van der Waals surface area contributed by atoms with Crippen LogP contribution in [0.2, 0.25) is 0 Å². The maximum Gasteiger partial charge on any atom is 0.316 e. The van der Waals surface area contributed by atoms with Gasteiger partial charge in [0.1, 0.15) is 17.8 Å². The number of phenolic OH excluding ortho intramolecular Hbond substituents is 1. The zero-order valence-corrected chi connectivity index (χ0v) is 17.4. The van der Waals surface area contributed by atoms with Crippen LogP contribution in [0.1, 0.15) is 51.0 Å². The Hall–Kier alpha value is -1.11. The number of halogens is 1. The molecule has 2 aliphatic heterocycles. The number of hydrogen-bond acceptors (Lipinski definition) is 4. The second-order valence-corrected chi connectivity index (χ2v) is 8.02. The first-order valence-electron chi connectivity index (χ1n) is 9.32. The van der Waals surface area contributed by atoms with Gasteiger partial charge in [-0.25, -0.2) is 0 Å². The molecule has 2 fully saturated rings. The topological polar surface area (TPSA) is 66.8 Å². The van der Waals surface area contributed by atoms with Crippen LogP contribution in [-0.2, 0) is 9.53 Å². The number of quaternary nitrogens is 1. The first-order valence-corrected chi connectivity index (χ1v) is 9.32. The lowest BCUT2D eigenvalue weighted by Crippen LogP contribution is -3.00. The van der Waals surface area contributed by atoms with Crippen molar-refractivity contribution >= 4 is 5.97 Å². The molecule has 0 saturated carbocycles. The van der Waals surface area contributed by atoms with E-state index in [0.29, 0.717) is 23.7 Å². The average Bonchev–Trinajstić information content (AvgIpc) is 2.75. The van der Waals surface area contributed by atoms with E-state index in [2.05, 4.69) is 20.9 Å². The van der Waals surface area contributed by atoms with Crippen LogP contribution in [0.15, 0.2) is 24.3 Å². The number of phenols is 1. The van der Waals surface area contributed by atoms with Crippen LogP contribution in [0.25, 0.3) is 0 Å². The third-order valence-electron chi connectivity index (χ3n) is 6.65. The number of aromatic hydroxyl groups is 1. The minimum absolute atomic E-state index is 0. The van der Waals surface area contributed by atoms with Gasteiger partial charge in [-0.3, -0.25) is 4.79 Å². The number of fused-ring (bicyclic) bond motifs is 2. The van der Waals surface area contributed by atoms with Gasteiger partial charge in [0.2, 0.25) is 0 Å². The van der Waals surface area contributed by atoms with Crippen LogP contribution >= 0.6 is 0 Å². The van der Waals surface area contributed by atoms with Crippen molar-refractivity contribution in [3.8, 4) is 5.75 Å². The number of nitrogens with zero attached hydrogens (tertiary/aromatic N) is 1. The van der Waals surface area contributed by atoms with E-state index >= 15 is 0 Å². The van der Waals surface area contributed by atoms with Crippen LogP contribution in [0, 0.1) is 0 Å². The highest BCUT2D eigenvalue weighted by atomic mass is 79.9. The van der Waals surface area contributed by atoms with Crippen molar-refractivity contribution in [2.24, 2.45) is 0 Å². The van der Waals surface area contributed by atoms with E-state index < -0.39 is 11.9 Å². The molecule has 0 radical (unpaired) electrons. The maximum atomic E-state index is 12.6. The number of hydrogen-bond donors (Lipinski definition) is 2. The summed E-state index contributed by atoms with van der Waals surface area (Å²) in [5.74, 6) is -1.24. The maximum absolute atomic E-state index is 12.6. The Labute approximate surface area is 166 Å². The molecule has 0 spiro atoms. The largest absolute Gasteiger partial charge is 1.00 e. The summed E-state index contributed by atoms with van der Waals surface area (Å²) in [7, 11) is 2.34. The van der Waals surface area contributed by atoms with E-state index in [1.165, 1.54) is 18.9 Å². The van der Waals surface area contributed by atoms with Gasteiger partial charge in [-0.15, -0.1) is 0 Å². The molecule has 3 rings (SSSR count). The molecule has 3 atom stereocenters. The van der Waals surface area contributed by atoms with E-state index in [1.54, 1.807) is 18.2 Å². The predicted octanol–water partition coefficient (Wildman–Crippen LogP) is -0.436. The number of carbonyl (C=O) groups excluding carboxylic acids is 1. The number of carbonyl (C=O) groups is 1. The predicted molar refractivity (Wildman–Crippen MR) is 95.2 cm³/mol. The average molecular weight is 428 g/mol. The number of ether oxygens (including phenoxy) is 1. The summed E-state index contributed by atoms with van der Waals surface area (Å²) in [5.41, 5.74) is 0.427. The van der Waals surface area contributed by atoms with Crippen LogP contribution in [0.3, 0.4) is 0 Å². The highest BCUT2D eigenvalue weighted by Crippen LogP contribution is 2.44. The van der Waals surface area contributed by atoms with Crippen LogP contribution in [-0.4, -0.2) is 58.5 Å². The Kier molecular flexibility index (Phi) is 6.75. The SMILES string of the molecule is CC(C)[N+]1(C)C2CCC1CC(OC(=O)C(CO)c1ccccc1O)C2.[Br-]. The monoisotopic (exact) mass is 427 g/mol. The number of aliphatic hydroxyl groups is 1. The summed E-state index contributed by atoms with van der Waals surface area (Å²) in [6.07, 6.45) is 4.06. The van der Waals surface area contributed by atoms with Crippen molar-refractivity contribution in [3.63, 3.8) is 0 Å². The van der Waals surface area contributed by atoms with Gasteiger partial charge in [0.15, 0.2) is 0 Å². The van der Waals surface area contributed by atoms with Gasteiger partial charge >= 0.3 is 5.97 Å². The molecule has 26 heavy (non-hydrogen) atoms. The van der Waals surface area contributed by atoms with Gasteiger partial charge in [-0.2, -0.15) is 0 Å². The molecule has 146 valence electrons. The molecule has 0 amide bonds. The molecule has 1 aromatic rings. The lowest BCUT2D eigenvalue weighted by atomic mass is 9.94. The molecule has 0 aliphatic carbocycles. The van der Waals surface area contributed by atoms with Crippen LogP contribution in [0.5, 0.6) is 5.75 Å². The summed E-state index contributed by atoms with van der Waals surface area (Å²) in [4.78, 5) is 12.6. The highest BCUT2D eigenvalue weighted by Gasteiger charge is 2.53. The first kappa shape index (κ1) is 21.2. The Balaban J connectivity index is 0.00000243. The second kappa shape index (κ2) is 8.28. The van der Waals surface area contributed by atoms with E-state index in [4.69, 9.17) is 4.74 Å². The van der Waals surface area contributed by atoms with E-state index in [-0.39, 0.29) is 35.4 Å². The number of piperidine rings is 1. The quantitative estimate of drug-likeness (QED) is 0.493. The molecule has 2 bridgehead atoms. The number of aliphatic hydroxyl groups excluding tert-OH is 1. The summed E-state index contributed by atoms with van der Waals surface area (Å²) in [6.45, 7) is 4.19. The van der Waals surface area contributed by atoms with Crippen molar-refractivity contribution in [3.05, 3.63) is 29.8 Å². The summed E-state index contributed by atoms with van der Waals surface area (Å²) >= 11 is 0. The summed E-state index contributed by atoms with van der Waals surface area (Å²) in [5, 5.41) is 19.6. The van der Waals surface area contributed by atoms with Crippen molar-refractivity contribution in [2.75, 3.05) is 13.7 Å². The Bertz CT molecular complexity index is 622. The molecular formula is C20H30BrNO4. The van der Waals surface area contributed by atoms with Crippen molar-refractivity contribution < 1.29 is 41.2 Å². The molecule has 2 saturated heterocycles. The first-order chi connectivity index (χ1) is 11.9. The molecule has 3 unspecified atom stereocenters. The Morgan fingerprint density at radius 2 is 1.81 bits per heavy atom. The Morgan fingerprint density at radius 3 is 2.31 bits per heavy atom. The standard InChI is InChI=1S/C20H29NO4.BrH/c1-13(2)21(3)14-8-9-15(21)11-16(10-14)25-20(24)18(12-22)17-6-4-5-7-19(17)23;/h4-7,13-16,18,22H,8-12H2,1-3H3;1H. The lowest BCUT2D eigenvalue weighted by Gasteiger charge is -2.49. The van der Waals surface area contributed by atoms with Crippen LogP contribution in [0.4, 0.5) is 0 Å². The molecule has 6 heteroatoms. The van der Waals surface area contributed by atoms with Gasteiger partial charge in [-0.1, -0.05) is 18.2 Å². The smallest absolute Gasteiger partial charge is 0.316 e. The minimum Gasteiger partial charge on any atom is -1.00 e. The minimum atomic E-state index is -0.827. The van der Waals surface area contributed by atoms with Gasteiger partial charge in [0.05, 0.1) is 31.8 Å². The molecule has 2 aliphatic rings. The highest BCUT2D eigenvalue weighted by molar-refractivity contribution is 5.79. The van der Waals surface area contributed by atoms with E-state index in [1.807, 2.05) is 0 Å². The molecule has 2 heterocycles. The lowest BCUT2D eigenvalue weighted by molar-refractivity contribution is -0.968. The fraction of sp³-hybridized carbons (Fsp3) is 0.650. The molecular weight excluding hydrogens is 398 g/mol. The molecule has 1 aromatic carbocycles. The zero-order valence-electron chi connectivity index (χ0n) is 15.8. The normalized spacial score (nSPS) is 31.3. The van der Waals surface area contributed by atoms with Crippen molar-refractivity contribution in [1.82, 2.24) is 0 Å². The van der Waals surface area contributed by atoms with Gasteiger partial charge in [-0.05, 0) is 19.9 Å². The fourth-order valence-electron chi connectivity index (χ4n) is 4.90. The van der Waals surface area contributed by atoms with E-state index in [0.717, 1.165) is 17.3 Å². The third-order valence-corrected chi connectivity index (χ3v) is 6.65. The van der Waals surface area contributed by atoms with Gasteiger partial charge in [0, 0.05) is 31.2 Å². The third kappa shape index (κ3) is 3.64. The molecule has 0 aromatic heterocycles. The van der Waals surface area contributed by atoms with Crippen molar-refractivity contribution in [1.29, 1.82) is 0 Å². The molecule has 2 N–H and O–H groups in total. The number of rotatable bonds is 5. The summed E-state index contributed by atoms with van der Waals surface area (Å²) < 4.78 is 6.87. The number of benzene rings is 1. The number of esters is 1. The van der Waals surface area contributed by atoms with Crippen molar-refractivity contribution in [2.45, 2.75) is 69.7 Å². The van der Waals surface area contributed by atoms with Gasteiger partial charge < -0.3 is 36.4 Å². The summed E-state index contributed by atoms with van der Waals surface area (Å²) in [6, 6.07) is 8.27. The zero-order chi connectivity index (χ0) is 18.2. The number of para-hydroxylation sites is 1.